The number of anilines is 1. The van der Waals surface area contributed by atoms with Gasteiger partial charge in [-0.3, -0.25) is 4.90 Å². The number of aryl methyl sites for hydroxylation is 1. The molecule has 2 aromatic rings. The third-order valence-corrected chi connectivity index (χ3v) is 3.16. The van der Waals surface area contributed by atoms with Crippen molar-refractivity contribution in [2.75, 3.05) is 11.4 Å². The van der Waals surface area contributed by atoms with E-state index in [0.717, 1.165) is 11.3 Å². The molecule has 3 nitrogen and oxygen atoms in total. The molecule has 0 aliphatic rings. The molecule has 0 aliphatic carbocycles. The van der Waals surface area contributed by atoms with Crippen LogP contribution in [-0.4, -0.2) is 12.6 Å². The van der Waals surface area contributed by atoms with Crippen molar-refractivity contribution < 1.29 is 4.79 Å². The van der Waals surface area contributed by atoms with Gasteiger partial charge < -0.3 is 5.32 Å². The third kappa shape index (κ3) is 3.60. The summed E-state index contributed by atoms with van der Waals surface area (Å²) < 4.78 is 0. The van der Waals surface area contributed by atoms with E-state index < -0.39 is 0 Å². The number of para-hydroxylation sites is 1. The predicted molar refractivity (Wildman–Crippen MR) is 82.9 cm³/mol. The number of nitrogens with zero attached hydrogens (tertiary/aromatic N) is 1. The van der Waals surface area contributed by atoms with Crippen LogP contribution >= 0.6 is 0 Å². The summed E-state index contributed by atoms with van der Waals surface area (Å²) in [4.78, 5) is 14.0. The lowest BCUT2D eigenvalue weighted by molar-refractivity contribution is 0.246. The topological polar surface area (TPSA) is 32.3 Å². The van der Waals surface area contributed by atoms with Crippen LogP contribution in [0.4, 0.5) is 10.5 Å². The molecule has 0 aliphatic heterocycles. The maximum atomic E-state index is 12.2. The van der Waals surface area contributed by atoms with Gasteiger partial charge in [-0.05, 0) is 31.5 Å². The van der Waals surface area contributed by atoms with E-state index in [2.05, 4.69) is 11.4 Å². The molecule has 0 radical (unpaired) electrons. The lowest BCUT2D eigenvalue weighted by Crippen LogP contribution is -2.39. The minimum Gasteiger partial charge on any atom is -0.334 e. The Labute approximate surface area is 120 Å². The normalized spacial score (nSPS) is 10.1. The number of nitrogens with one attached hydrogen (secondary N) is 1. The average molecular weight is 268 g/mol. The highest BCUT2D eigenvalue weighted by atomic mass is 16.2. The quantitative estimate of drug-likeness (QED) is 0.900. The van der Waals surface area contributed by atoms with E-state index in [0.29, 0.717) is 13.1 Å². The van der Waals surface area contributed by atoms with E-state index in [9.17, 15) is 4.79 Å². The average Bonchev–Trinajstić information content (AvgIpc) is 2.47. The number of hydrogen-bond donors (Lipinski definition) is 1. The molecule has 104 valence electrons. The van der Waals surface area contributed by atoms with E-state index in [1.54, 1.807) is 4.90 Å². The molecule has 0 heterocycles. The van der Waals surface area contributed by atoms with Gasteiger partial charge in [-0.25, -0.2) is 4.79 Å². The van der Waals surface area contributed by atoms with E-state index in [1.165, 1.54) is 5.56 Å². The molecule has 0 aromatic heterocycles. The fourth-order valence-corrected chi connectivity index (χ4v) is 2.15. The molecule has 0 atom stereocenters. The number of carbonyl (C=O) groups excluding carboxylic acids is 1. The van der Waals surface area contributed by atoms with Crippen molar-refractivity contribution in [2.45, 2.75) is 20.4 Å². The zero-order valence-corrected chi connectivity index (χ0v) is 12.0. The number of rotatable bonds is 4. The molecule has 0 unspecified atom stereocenters. The molecule has 0 fully saturated rings. The molecular weight excluding hydrogens is 248 g/mol. The number of hydrogen-bond acceptors (Lipinski definition) is 1. The molecule has 0 saturated carbocycles. The van der Waals surface area contributed by atoms with Crippen LogP contribution in [-0.2, 0) is 6.54 Å². The fraction of sp³-hybridized carbons (Fsp3) is 0.235. The Kier molecular flexibility index (Phi) is 4.77. The summed E-state index contributed by atoms with van der Waals surface area (Å²) in [6, 6.07) is 17.8. The number of urea groups is 1. The van der Waals surface area contributed by atoms with Gasteiger partial charge in [-0.2, -0.15) is 0 Å². The van der Waals surface area contributed by atoms with Gasteiger partial charge in [0.1, 0.15) is 0 Å². The van der Waals surface area contributed by atoms with Gasteiger partial charge in [0, 0.05) is 18.8 Å². The van der Waals surface area contributed by atoms with E-state index in [1.807, 2.05) is 62.4 Å². The maximum Gasteiger partial charge on any atom is 0.322 e. The van der Waals surface area contributed by atoms with Gasteiger partial charge in [-0.1, -0.05) is 48.0 Å². The van der Waals surface area contributed by atoms with Crippen LogP contribution in [0.15, 0.2) is 54.6 Å². The first-order valence-corrected chi connectivity index (χ1v) is 6.86. The van der Waals surface area contributed by atoms with Crippen molar-refractivity contribution in [2.24, 2.45) is 0 Å². The SMILES string of the molecule is CCN(C(=O)NCc1cccc(C)c1)c1ccccc1. The second kappa shape index (κ2) is 6.75. The van der Waals surface area contributed by atoms with Crippen LogP contribution < -0.4 is 10.2 Å². The molecule has 2 amide bonds. The minimum absolute atomic E-state index is 0.0693. The number of carbonyl (C=O) groups is 1. The first kappa shape index (κ1) is 14.1. The van der Waals surface area contributed by atoms with Crippen LogP contribution in [0.25, 0.3) is 0 Å². The maximum absolute atomic E-state index is 12.2. The Hall–Kier alpha value is -2.29. The van der Waals surface area contributed by atoms with Crippen LogP contribution in [0, 0.1) is 6.92 Å². The Morgan fingerprint density at radius 1 is 1.10 bits per heavy atom. The van der Waals surface area contributed by atoms with Crippen molar-refractivity contribution in [3.05, 3.63) is 65.7 Å². The summed E-state index contributed by atoms with van der Waals surface area (Å²) in [6.45, 7) is 5.21. The van der Waals surface area contributed by atoms with Gasteiger partial charge in [0.2, 0.25) is 0 Å². The summed E-state index contributed by atoms with van der Waals surface area (Å²) in [5.74, 6) is 0. The standard InChI is InChI=1S/C17H20N2O/c1-3-19(16-10-5-4-6-11-16)17(20)18-13-15-9-7-8-14(2)12-15/h4-12H,3,13H2,1-2H3,(H,18,20). The monoisotopic (exact) mass is 268 g/mol. The largest absolute Gasteiger partial charge is 0.334 e. The van der Waals surface area contributed by atoms with Crippen LogP contribution in [0.3, 0.4) is 0 Å². The second-order valence-electron chi connectivity index (χ2n) is 4.73. The Balaban J connectivity index is 2.00. The molecule has 0 bridgehead atoms. The van der Waals surface area contributed by atoms with Gasteiger partial charge in [-0.15, -0.1) is 0 Å². The lowest BCUT2D eigenvalue weighted by atomic mass is 10.1. The Morgan fingerprint density at radius 3 is 2.50 bits per heavy atom. The molecule has 0 spiro atoms. The van der Waals surface area contributed by atoms with E-state index in [4.69, 9.17) is 0 Å². The van der Waals surface area contributed by atoms with Crippen molar-refractivity contribution >= 4 is 11.7 Å². The molecule has 2 rings (SSSR count). The highest BCUT2D eigenvalue weighted by Gasteiger charge is 2.12. The van der Waals surface area contributed by atoms with Crippen molar-refractivity contribution in [1.82, 2.24) is 5.32 Å². The predicted octanol–water partition coefficient (Wildman–Crippen LogP) is 3.73. The zero-order chi connectivity index (χ0) is 14.4. The van der Waals surface area contributed by atoms with Gasteiger partial charge in [0.15, 0.2) is 0 Å². The summed E-state index contributed by atoms with van der Waals surface area (Å²) in [6.07, 6.45) is 0. The molecule has 20 heavy (non-hydrogen) atoms. The minimum atomic E-state index is -0.0693. The molecule has 3 heteroatoms. The molecule has 1 N–H and O–H groups in total. The second-order valence-corrected chi connectivity index (χ2v) is 4.73. The summed E-state index contributed by atoms with van der Waals surface area (Å²) in [5.41, 5.74) is 3.23. The highest BCUT2D eigenvalue weighted by molar-refractivity contribution is 5.91. The van der Waals surface area contributed by atoms with Crippen LogP contribution in [0.2, 0.25) is 0 Å². The first-order chi connectivity index (χ1) is 9.70. The van der Waals surface area contributed by atoms with Crippen LogP contribution in [0.1, 0.15) is 18.1 Å². The number of benzene rings is 2. The summed E-state index contributed by atoms with van der Waals surface area (Å²) in [7, 11) is 0. The lowest BCUT2D eigenvalue weighted by Gasteiger charge is -2.21. The van der Waals surface area contributed by atoms with Gasteiger partial charge in [0.05, 0.1) is 0 Å². The Bertz CT molecular complexity index is 566. The summed E-state index contributed by atoms with van der Waals surface area (Å²) in [5, 5.41) is 2.96. The highest BCUT2D eigenvalue weighted by Crippen LogP contribution is 2.13. The molecule has 2 aromatic carbocycles. The van der Waals surface area contributed by atoms with E-state index >= 15 is 0 Å². The van der Waals surface area contributed by atoms with Crippen molar-refractivity contribution in [3.63, 3.8) is 0 Å². The van der Waals surface area contributed by atoms with Gasteiger partial charge in [0.25, 0.3) is 0 Å². The fourth-order valence-electron chi connectivity index (χ4n) is 2.15. The number of amides is 2. The molecule has 0 saturated heterocycles. The summed E-state index contributed by atoms with van der Waals surface area (Å²) >= 11 is 0. The van der Waals surface area contributed by atoms with Gasteiger partial charge >= 0.3 is 6.03 Å². The molecular formula is C17H20N2O. The van der Waals surface area contributed by atoms with E-state index in [-0.39, 0.29) is 6.03 Å². The smallest absolute Gasteiger partial charge is 0.322 e. The van der Waals surface area contributed by atoms with Crippen molar-refractivity contribution in [3.8, 4) is 0 Å². The first-order valence-electron chi connectivity index (χ1n) is 6.86. The van der Waals surface area contributed by atoms with Crippen LogP contribution in [0.5, 0.6) is 0 Å². The Morgan fingerprint density at radius 2 is 1.85 bits per heavy atom. The zero-order valence-electron chi connectivity index (χ0n) is 12.0. The van der Waals surface area contributed by atoms with Crippen molar-refractivity contribution in [1.29, 1.82) is 0 Å². The third-order valence-electron chi connectivity index (χ3n) is 3.16.